The average Bonchev–Trinajstić information content (AvgIpc) is 3.28. The summed E-state index contributed by atoms with van der Waals surface area (Å²) in [6.07, 6.45) is 3.58. The Bertz CT molecular complexity index is 1230. The molecule has 0 saturated carbocycles. The molecule has 2 fully saturated rings. The smallest absolute Gasteiger partial charge is 0.219 e. The SMILES string of the molecule is CC(=O)N1CC[SH](O)(=Nc2cc(N3CCOC[C@H]3C)nc(-c3ccnc4[nH]ccc34)n2)CC1. The third kappa shape index (κ3) is 4.48. The molecular weight excluding hydrogens is 442 g/mol. The number of carbonyl (C=O) groups excluding carboxylic acids is 1. The van der Waals surface area contributed by atoms with Crippen molar-refractivity contribution < 1.29 is 14.1 Å². The zero-order valence-electron chi connectivity index (χ0n) is 18.8. The molecule has 5 heterocycles. The van der Waals surface area contributed by atoms with E-state index in [-0.39, 0.29) is 11.9 Å². The molecule has 2 aliphatic rings. The first kappa shape index (κ1) is 21.9. The van der Waals surface area contributed by atoms with Gasteiger partial charge in [-0.25, -0.2) is 19.3 Å². The Kier molecular flexibility index (Phi) is 5.85. The maximum absolute atomic E-state index is 11.7. The summed E-state index contributed by atoms with van der Waals surface area (Å²) in [4.78, 5) is 32.8. The summed E-state index contributed by atoms with van der Waals surface area (Å²) in [6, 6.07) is 5.88. The van der Waals surface area contributed by atoms with Gasteiger partial charge in [-0.15, -0.1) is 0 Å². The minimum atomic E-state index is -2.61. The lowest BCUT2D eigenvalue weighted by molar-refractivity contribution is -0.128. The number of nitrogens with zero attached hydrogens (tertiary/aromatic N) is 6. The lowest BCUT2D eigenvalue weighted by atomic mass is 10.1. The zero-order valence-corrected chi connectivity index (χ0v) is 19.7. The first-order valence-electron chi connectivity index (χ1n) is 11.2. The van der Waals surface area contributed by atoms with E-state index in [0.29, 0.717) is 49.5 Å². The molecule has 0 aromatic carbocycles. The standard InChI is InChI=1S/C22H29N7O3S/c1-15-14-32-10-7-29(15)20-13-19(27-33(31)11-8-28(9-12-33)16(2)30)25-22(26-20)18-4-6-24-21-17(18)3-5-23-21/h3-6,13,15,33H,7-12,14H2,1-2H3,(H,23,24)(H,25,26,27,31)/t15-/m1/s1. The molecule has 1 amide bonds. The molecule has 2 aliphatic heterocycles. The summed E-state index contributed by atoms with van der Waals surface area (Å²) >= 11 is 0. The van der Waals surface area contributed by atoms with Crippen molar-refractivity contribution in [3.8, 4) is 11.4 Å². The number of aromatic amines is 1. The normalized spacial score (nSPS) is 21.7. The number of hydrogen-bond acceptors (Lipinski definition) is 7. The van der Waals surface area contributed by atoms with Crippen molar-refractivity contribution in [3.63, 3.8) is 0 Å². The number of hydrogen-bond donors (Lipinski definition) is 3. The van der Waals surface area contributed by atoms with Gasteiger partial charge >= 0.3 is 0 Å². The van der Waals surface area contributed by atoms with Gasteiger partial charge < -0.3 is 24.1 Å². The van der Waals surface area contributed by atoms with Gasteiger partial charge in [0.1, 0.15) is 11.5 Å². The topological polar surface area (TPSA) is 120 Å². The number of H-pyrrole nitrogens is 1. The molecule has 0 aliphatic carbocycles. The first-order valence-corrected chi connectivity index (χ1v) is 13.2. The van der Waals surface area contributed by atoms with E-state index in [1.165, 1.54) is 0 Å². The van der Waals surface area contributed by atoms with Crippen LogP contribution < -0.4 is 4.90 Å². The number of ether oxygens (including phenoxy) is 1. The Hall–Kier alpha value is -2.89. The maximum Gasteiger partial charge on any atom is 0.219 e. The van der Waals surface area contributed by atoms with Gasteiger partial charge in [0.2, 0.25) is 5.91 Å². The van der Waals surface area contributed by atoms with E-state index in [0.717, 1.165) is 29.0 Å². The molecule has 0 radical (unpaired) electrons. The van der Waals surface area contributed by atoms with E-state index < -0.39 is 10.1 Å². The van der Waals surface area contributed by atoms with Crippen molar-refractivity contribution in [2.24, 2.45) is 4.36 Å². The molecule has 0 unspecified atom stereocenters. The van der Waals surface area contributed by atoms with E-state index in [4.69, 9.17) is 19.1 Å². The lowest BCUT2D eigenvalue weighted by Crippen LogP contribution is -2.45. The Balaban J connectivity index is 1.59. The number of aromatic nitrogens is 4. The van der Waals surface area contributed by atoms with Crippen molar-refractivity contribution in [2.45, 2.75) is 19.9 Å². The molecule has 33 heavy (non-hydrogen) atoms. The lowest BCUT2D eigenvalue weighted by Gasteiger charge is -2.36. The van der Waals surface area contributed by atoms with E-state index in [1.54, 1.807) is 18.0 Å². The van der Waals surface area contributed by atoms with Gasteiger partial charge in [0.15, 0.2) is 11.6 Å². The maximum atomic E-state index is 11.7. The van der Waals surface area contributed by atoms with Gasteiger partial charge in [-0.05, 0) is 19.1 Å². The van der Waals surface area contributed by atoms with Crippen LogP contribution in [0.1, 0.15) is 13.8 Å². The number of nitrogens with one attached hydrogen (secondary N) is 1. The Morgan fingerprint density at radius 2 is 2.09 bits per heavy atom. The Labute approximate surface area is 193 Å². The van der Waals surface area contributed by atoms with Crippen LogP contribution in [0.25, 0.3) is 22.4 Å². The summed E-state index contributed by atoms with van der Waals surface area (Å²) in [5.41, 5.74) is 1.62. The number of anilines is 1. The summed E-state index contributed by atoms with van der Waals surface area (Å²) in [5, 5.41) is 0.930. The van der Waals surface area contributed by atoms with Crippen molar-refractivity contribution in [2.75, 3.05) is 49.3 Å². The Morgan fingerprint density at radius 3 is 2.85 bits per heavy atom. The van der Waals surface area contributed by atoms with Gasteiger partial charge in [-0.1, -0.05) is 10.1 Å². The predicted octanol–water partition coefficient (Wildman–Crippen LogP) is 2.28. The van der Waals surface area contributed by atoms with E-state index >= 15 is 0 Å². The highest BCUT2D eigenvalue weighted by Crippen LogP contribution is 2.31. The number of morpholine rings is 1. The monoisotopic (exact) mass is 471 g/mol. The highest BCUT2D eigenvalue weighted by atomic mass is 32.3. The molecule has 176 valence electrons. The fraction of sp³-hybridized carbons (Fsp3) is 0.455. The highest BCUT2D eigenvalue weighted by molar-refractivity contribution is 8.00. The number of rotatable bonds is 3. The van der Waals surface area contributed by atoms with Crippen LogP contribution in [-0.2, 0) is 19.6 Å². The number of thiol groups is 1. The van der Waals surface area contributed by atoms with Gasteiger partial charge in [0.25, 0.3) is 0 Å². The third-order valence-electron chi connectivity index (χ3n) is 6.25. The van der Waals surface area contributed by atoms with Gasteiger partial charge in [-0.2, -0.15) is 0 Å². The van der Waals surface area contributed by atoms with Crippen LogP contribution in [0.3, 0.4) is 0 Å². The molecule has 5 rings (SSSR count). The fourth-order valence-electron chi connectivity index (χ4n) is 4.36. The van der Waals surface area contributed by atoms with Gasteiger partial charge in [-0.3, -0.25) is 4.79 Å². The second-order valence-corrected chi connectivity index (χ2v) is 11.4. The van der Waals surface area contributed by atoms with Crippen LogP contribution in [0.15, 0.2) is 35.0 Å². The average molecular weight is 472 g/mol. The van der Waals surface area contributed by atoms with Crippen LogP contribution >= 0.6 is 0 Å². The second kappa shape index (κ2) is 8.81. The zero-order chi connectivity index (χ0) is 23.0. The number of carbonyl (C=O) groups is 1. The van der Waals surface area contributed by atoms with Crippen molar-refractivity contribution >= 4 is 38.7 Å². The summed E-state index contributed by atoms with van der Waals surface area (Å²) in [5.74, 6) is 2.78. The largest absolute Gasteiger partial charge is 0.377 e. The number of amides is 1. The highest BCUT2D eigenvalue weighted by Gasteiger charge is 2.25. The fourth-order valence-corrected chi connectivity index (χ4v) is 6.39. The van der Waals surface area contributed by atoms with E-state index in [1.807, 2.05) is 24.4 Å². The van der Waals surface area contributed by atoms with Gasteiger partial charge in [0, 0.05) is 67.5 Å². The minimum Gasteiger partial charge on any atom is -0.377 e. The van der Waals surface area contributed by atoms with E-state index in [2.05, 4.69) is 21.8 Å². The predicted molar refractivity (Wildman–Crippen MR) is 130 cm³/mol. The van der Waals surface area contributed by atoms with E-state index in [9.17, 15) is 9.35 Å². The molecule has 2 N–H and O–H groups in total. The van der Waals surface area contributed by atoms with Crippen LogP contribution in [0, 0.1) is 0 Å². The first-order chi connectivity index (χ1) is 15.9. The van der Waals surface area contributed by atoms with Crippen LogP contribution in [-0.4, -0.2) is 85.7 Å². The molecule has 0 bridgehead atoms. The number of pyridine rings is 1. The molecule has 0 spiro atoms. The summed E-state index contributed by atoms with van der Waals surface area (Å²) in [7, 11) is -2.61. The summed E-state index contributed by atoms with van der Waals surface area (Å²) < 4.78 is 21.7. The second-order valence-electron chi connectivity index (χ2n) is 8.56. The number of fused-ring (bicyclic) bond motifs is 1. The van der Waals surface area contributed by atoms with Gasteiger partial charge in [0.05, 0.1) is 19.3 Å². The van der Waals surface area contributed by atoms with Crippen LogP contribution in [0.2, 0.25) is 0 Å². The Morgan fingerprint density at radius 1 is 1.27 bits per heavy atom. The van der Waals surface area contributed by atoms with Crippen molar-refractivity contribution in [1.82, 2.24) is 24.8 Å². The molecule has 11 heteroatoms. The molecule has 3 aromatic heterocycles. The minimum absolute atomic E-state index is 0.0300. The molecule has 10 nitrogen and oxygen atoms in total. The van der Waals surface area contributed by atoms with Crippen molar-refractivity contribution in [3.05, 3.63) is 30.6 Å². The van der Waals surface area contributed by atoms with Crippen LogP contribution in [0.4, 0.5) is 11.6 Å². The molecule has 1 atom stereocenters. The molecule has 3 aromatic rings. The quantitative estimate of drug-likeness (QED) is 0.501. The summed E-state index contributed by atoms with van der Waals surface area (Å²) in [6.45, 7) is 6.67. The van der Waals surface area contributed by atoms with Crippen LogP contribution in [0.5, 0.6) is 0 Å². The molecule has 2 saturated heterocycles. The van der Waals surface area contributed by atoms with Crippen molar-refractivity contribution in [1.29, 1.82) is 0 Å². The molecular formula is C22H29N7O3S. The third-order valence-corrected chi connectivity index (χ3v) is 8.66.